The van der Waals surface area contributed by atoms with Crippen molar-refractivity contribution in [3.8, 4) is 0 Å². The van der Waals surface area contributed by atoms with Crippen LogP contribution < -0.4 is 5.56 Å². The van der Waals surface area contributed by atoms with Crippen LogP contribution in [0.5, 0.6) is 0 Å². The maximum Gasteiger partial charge on any atom is 0.266 e. The SMILES string of the molecule is CCOC(CCn1ncc(C)cc1=O)OCC. The lowest BCUT2D eigenvalue weighted by atomic mass is 10.3. The van der Waals surface area contributed by atoms with Gasteiger partial charge < -0.3 is 9.47 Å². The van der Waals surface area contributed by atoms with Crippen molar-refractivity contribution >= 4 is 0 Å². The average Bonchev–Trinajstić information content (AvgIpc) is 2.28. The Balaban J connectivity index is 2.55. The molecular formula is C12H20N2O3. The summed E-state index contributed by atoms with van der Waals surface area (Å²) in [5, 5.41) is 4.06. The number of hydrogen-bond donors (Lipinski definition) is 0. The van der Waals surface area contributed by atoms with Gasteiger partial charge in [-0.15, -0.1) is 0 Å². The van der Waals surface area contributed by atoms with Crippen LogP contribution >= 0.6 is 0 Å². The van der Waals surface area contributed by atoms with Gasteiger partial charge in [-0.2, -0.15) is 5.10 Å². The van der Waals surface area contributed by atoms with Crippen molar-refractivity contribution in [2.75, 3.05) is 13.2 Å². The van der Waals surface area contributed by atoms with E-state index in [0.717, 1.165) is 5.56 Å². The molecule has 5 nitrogen and oxygen atoms in total. The minimum Gasteiger partial charge on any atom is -0.353 e. The Labute approximate surface area is 101 Å². The Bertz CT molecular complexity index is 384. The Kier molecular flexibility index (Phi) is 5.86. The van der Waals surface area contributed by atoms with E-state index in [2.05, 4.69) is 5.10 Å². The van der Waals surface area contributed by atoms with Crippen molar-refractivity contribution in [2.45, 2.75) is 40.0 Å². The molecule has 17 heavy (non-hydrogen) atoms. The third kappa shape index (κ3) is 4.66. The standard InChI is InChI=1S/C12H20N2O3/c1-4-16-12(17-5-2)6-7-14-11(15)8-10(3)9-13-14/h8-9,12H,4-7H2,1-3H3. The molecular weight excluding hydrogens is 220 g/mol. The van der Waals surface area contributed by atoms with E-state index >= 15 is 0 Å². The maximum atomic E-state index is 11.6. The second-order valence-corrected chi connectivity index (χ2v) is 3.72. The van der Waals surface area contributed by atoms with Gasteiger partial charge >= 0.3 is 0 Å². The van der Waals surface area contributed by atoms with Crippen molar-refractivity contribution < 1.29 is 9.47 Å². The smallest absolute Gasteiger partial charge is 0.266 e. The fourth-order valence-electron chi connectivity index (χ4n) is 1.51. The molecule has 1 aromatic heterocycles. The highest BCUT2D eigenvalue weighted by atomic mass is 16.7. The van der Waals surface area contributed by atoms with Gasteiger partial charge in [0.1, 0.15) is 0 Å². The zero-order valence-corrected chi connectivity index (χ0v) is 10.7. The molecule has 0 saturated carbocycles. The van der Waals surface area contributed by atoms with E-state index in [9.17, 15) is 4.79 Å². The van der Waals surface area contributed by atoms with Crippen molar-refractivity contribution in [2.24, 2.45) is 0 Å². The second kappa shape index (κ2) is 7.19. The summed E-state index contributed by atoms with van der Waals surface area (Å²) in [5.41, 5.74) is 0.786. The lowest BCUT2D eigenvalue weighted by Gasteiger charge is -2.16. The van der Waals surface area contributed by atoms with E-state index in [1.807, 2.05) is 20.8 Å². The molecule has 0 radical (unpaired) electrons. The maximum absolute atomic E-state index is 11.6. The van der Waals surface area contributed by atoms with Crippen LogP contribution in [0, 0.1) is 6.92 Å². The second-order valence-electron chi connectivity index (χ2n) is 3.72. The van der Waals surface area contributed by atoms with Gasteiger partial charge in [-0.25, -0.2) is 4.68 Å². The normalized spacial score (nSPS) is 11.1. The molecule has 0 fully saturated rings. The van der Waals surface area contributed by atoms with Gasteiger partial charge in [-0.3, -0.25) is 4.79 Å². The predicted molar refractivity (Wildman–Crippen MR) is 64.9 cm³/mol. The van der Waals surface area contributed by atoms with E-state index in [0.29, 0.717) is 26.2 Å². The van der Waals surface area contributed by atoms with E-state index in [4.69, 9.17) is 9.47 Å². The summed E-state index contributed by atoms with van der Waals surface area (Å²) < 4.78 is 12.2. The first-order valence-corrected chi connectivity index (χ1v) is 5.94. The highest BCUT2D eigenvalue weighted by Gasteiger charge is 2.08. The van der Waals surface area contributed by atoms with Crippen molar-refractivity contribution in [1.29, 1.82) is 0 Å². The third-order valence-electron chi connectivity index (χ3n) is 2.29. The van der Waals surface area contributed by atoms with Crippen molar-refractivity contribution in [3.63, 3.8) is 0 Å². The van der Waals surface area contributed by atoms with E-state index in [1.165, 1.54) is 4.68 Å². The summed E-state index contributed by atoms with van der Waals surface area (Å²) in [5.74, 6) is 0. The number of rotatable bonds is 7. The minimum absolute atomic E-state index is 0.0863. The fourth-order valence-corrected chi connectivity index (χ4v) is 1.51. The van der Waals surface area contributed by atoms with Crippen LogP contribution in [0.4, 0.5) is 0 Å². The third-order valence-corrected chi connectivity index (χ3v) is 2.29. The fraction of sp³-hybridized carbons (Fsp3) is 0.667. The molecule has 0 saturated heterocycles. The summed E-state index contributed by atoms with van der Waals surface area (Å²) in [6.07, 6.45) is 2.04. The molecule has 0 aromatic carbocycles. The van der Waals surface area contributed by atoms with Gasteiger partial charge in [-0.05, 0) is 26.3 Å². The summed E-state index contributed by atoms with van der Waals surface area (Å²) in [7, 11) is 0. The molecule has 96 valence electrons. The zero-order chi connectivity index (χ0) is 12.7. The van der Waals surface area contributed by atoms with Crippen molar-refractivity contribution in [1.82, 2.24) is 9.78 Å². The Hall–Kier alpha value is -1.20. The molecule has 1 heterocycles. The van der Waals surface area contributed by atoms with E-state index in [1.54, 1.807) is 12.3 Å². The number of nitrogens with zero attached hydrogens (tertiary/aromatic N) is 2. The monoisotopic (exact) mass is 240 g/mol. The highest BCUT2D eigenvalue weighted by molar-refractivity contribution is 5.02. The Morgan fingerprint density at radius 3 is 2.53 bits per heavy atom. The molecule has 0 amide bonds. The van der Waals surface area contributed by atoms with E-state index in [-0.39, 0.29) is 11.8 Å². The summed E-state index contributed by atoms with van der Waals surface area (Å²) in [4.78, 5) is 11.6. The van der Waals surface area contributed by atoms with Crippen LogP contribution in [0.2, 0.25) is 0 Å². The van der Waals surface area contributed by atoms with Crippen LogP contribution in [0.3, 0.4) is 0 Å². The summed E-state index contributed by atoms with van der Waals surface area (Å²) in [6.45, 7) is 7.39. The first-order chi connectivity index (χ1) is 8.17. The molecule has 0 unspecified atom stereocenters. The molecule has 5 heteroatoms. The van der Waals surface area contributed by atoms with Gasteiger partial charge in [0.15, 0.2) is 6.29 Å². The van der Waals surface area contributed by atoms with Gasteiger partial charge in [0, 0.05) is 32.2 Å². The summed E-state index contributed by atoms with van der Waals surface area (Å²) >= 11 is 0. The van der Waals surface area contributed by atoms with Gasteiger partial charge in [-0.1, -0.05) is 0 Å². The highest BCUT2D eigenvalue weighted by Crippen LogP contribution is 2.02. The van der Waals surface area contributed by atoms with Gasteiger partial charge in [0.2, 0.25) is 0 Å². The molecule has 0 atom stereocenters. The summed E-state index contributed by atoms with van der Waals surface area (Å²) in [6, 6.07) is 1.57. The molecule has 0 bridgehead atoms. The van der Waals surface area contributed by atoms with Crippen LogP contribution in [-0.4, -0.2) is 29.3 Å². The van der Waals surface area contributed by atoms with Crippen molar-refractivity contribution in [3.05, 3.63) is 28.2 Å². The molecule has 0 N–H and O–H groups in total. The molecule has 0 aliphatic rings. The largest absolute Gasteiger partial charge is 0.353 e. The topological polar surface area (TPSA) is 53.4 Å². The van der Waals surface area contributed by atoms with Crippen LogP contribution in [0.1, 0.15) is 25.8 Å². The van der Waals surface area contributed by atoms with Crippen LogP contribution in [0.15, 0.2) is 17.1 Å². The lowest BCUT2D eigenvalue weighted by Crippen LogP contribution is -2.26. The van der Waals surface area contributed by atoms with Gasteiger partial charge in [0.25, 0.3) is 5.56 Å². The Morgan fingerprint density at radius 2 is 2.00 bits per heavy atom. The predicted octanol–water partition coefficient (Wildman–Crippen LogP) is 1.34. The molecule has 0 spiro atoms. The quantitative estimate of drug-likeness (QED) is 0.675. The zero-order valence-electron chi connectivity index (χ0n) is 10.7. The number of ether oxygens (including phenoxy) is 2. The minimum atomic E-state index is -0.264. The van der Waals surface area contributed by atoms with E-state index < -0.39 is 0 Å². The van der Waals surface area contributed by atoms with Crippen LogP contribution in [0.25, 0.3) is 0 Å². The Morgan fingerprint density at radius 1 is 1.35 bits per heavy atom. The molecule has 1 aromatic rings. The lowest BCUT2D eigenvalue weighted by molar-refractivity contribution is -0.141. The van der Waals surface area contributed by atoms with Gasteiger partial charge in [0.05, 0.1) is 6.20 Å². The van der Waals surface area contributed by atoms with Crippen LogP contribution in [-0.2, 0) is 16.0 Å². The average molecular weight is 240 g/mol. The number of aryl methyl sites for hydroxylation is 2. The molecule has 0 aliphatic heterocycles. The molecule has 1 rings (SSSR count). The number of aromatic nitrogens is 2. The first kappa shape index (κ1) is 13.9. The molecule has 0 aliphatic carbocycles. The number of hydrogen-bond acceptors (Lipinski definition) is 4. The first-order valence-electron chi connectivity index (χ1n) is 5.94.